The van der Waals surface area contributed by atoms with Crippen molar-refractivity contribution in [3.05, 3.63) is 36.4 Å². The van der Waals surface area contributed by atoms with Crippen molar-refractivity contribution in [1.82, 2.24) is 14.5 Å². The smallest absolute Gasteiger partial charge is 0.140 e. The van der Waals surface area contributed by atoms with E-state index in [9.17, 15) is 0 Å². The van der Waals surface area contributed by atoms with Crippen molar-refractivity contribution in [2.24, 2.45) is 0 Å². The molecule has 0 aromatic carbocycles. The zero-order valence-electron chi connectivity index (χ0n) is 15.5. The summed E-state index contributed by atoms with van der Waals surface area (Å²) in [6, 6.07) is 6.19. The summed E-state index contributed by atoms with van der Waals surface area (Å²) < 4.78 is 13.9. The molecule has 0 radical (unpaired) electrons. The highest BCUT2D eigenvalue weighted by molar-refractivity contribution is 5.43. The van der Waals surface area contributed by atoms with Crippen LogP contribution in [-0.4, -0.2) is 53.0 Å². The van der Waals surface area contributed by atoms with Gasteiger partial charge in [0.05, 0.1) is 18.8 Å². The van der Waals surface area contributed by atoms with Crippen LogP contribution in [0.4, 0.5) is 5.82 Å². The molecule has 4 rings (SSSR count). The Hall–Kier alpha value is -1.92. The lowest BCUT2D eigenvalue weighted by Crippen LogP contribution is -2.39. The monoisotopic (exact) mass is 356 g/mol. The molecular weight excluding hydrogens is 328 g/mol. The largest absolute Gasteiger partial charge is 0.376 e. The molecule has 2 aromatic heterocycles. The van der Waals surface area contributed by atoms with Gasteiger partial charge in [-0.25, -0.2) is 9.97 Å². The molecule has 0 amide bonds. The van der Waals surface area contributed by atoms with E-state index in [-0.39, 0.29) is 0 Å². The van der Waals surface area contributed by atoms with Crippen molar-refractivity contribution in [3.63, 3.8) is 0 Å². The number of piperidine rings is 1. The Kier molecular flexibility index (Phi) is 5.51. The van der Waals surface area contributed by atoms with Crippen LogP contribution in [0.1, 0.15) is 37.9 Å². The van der Waals surface area contributed by atoms with Crippen molar-refractivity contribution in [2.75, 3.05) is 31.2 Å². The number of hydrogen-bond donors (Lipinski definition) is 0. The van der Waals surface area contributed by atoms with Crippen LogP contribution in [0.2, 0.25) is 0 Å². The molecule has 0 N–H and O–H groups in total. The average molecular weight is 356 g/mol. The van der Waals surface area contributed by atoms with Crippen LogP contribution >= 0.6 is 0 Å². The van der Waals surface area contributed by atoms with Gasteiger partial charge in [-0.05, 0) is 51.2 Å². The summed E-state index contributed by atoms with van der Waals surface area (Å²) in [6.45, 7) is 5.60. The second-order valence-electron chi connectivity index (χ2n) is 7.21. The van der Waals surface area contributed by atoms with Gasteiger partial charge in [-0.1, -0.05) is 6.07 Å². The highest BCUT2D eigenvalue weighted by Gasteiger charge is 2.23. The highest BCUT2D eigenvalue weighted by atomic mass is 16.5. The SMILES string of the molecule is Cc1nccn1-c1cccc(N2CCC(OC[C@@H]3CCCCO3)CC2)n1. The molecule has 140 valence electrons. The number of ether oxygens (including phenoxy) is 2. The van der Waals surface area contributed by atoms with Crippen molar-refractivity contribution in [3.8, 4) is 5.82 Å². The fourth-order valence-corrected chi connectivity index (χ4v) is 3.78. The second-order valence-corrected chi connectivity index (χ2v) is 7.21. The van der Waals surface area contributed by atoms with Gasteiger partial charge < -0.3 is 14.4 Å². The fraction of sp³-hybridized carbons (Fsp3) is 0.600. The van der Waals surface area contributed by atoms with Crippen LogP contribution in [0.15, 0.2) is 30.6 Å². The summed E-state index contributed by atoms with van der Waals surface area (Å²) in [4.78, 5) is 11.5. The summed E-state index contributed by atoms with van der Waals surface area (Å²) in [6.07, 6.45) is 10.1. The van der Waals surface area contributed by atoms with Crippen molar-refractivity contribution in [2.45, 2.75) is 51.2 Å². The van der Waals surface area contributed by atoms with E-state index in [1.165, 1.54) is 12.8 Å². The summed E-state index contributed by atoms with van der Waals surface area (Å²) in [5, 5.41) is 0. The Bertz CT molecular complexity index is 703. The molecule has 26 heavy (non-hydrogen) atoms. The van der Waals surface area contributed by atoms with Crippen LogP contribution in [0.5, 0.6) is 0 Å². The van der Waals surface area contributed by atoms with Gasteiger partial charge in [0.25, 0.3) is 0 Å². The molecule has 1 atom stereocenters. The van der Waals surface area contributed by atoms with E-state index in [1.54, 1.807) is 0 Å². The minimum Gasteiger partial charge on any atom is -0.376 e. The summed E-state index contributed by atoms with van der Waals surface area (Å²) in [5.74, 6) is 2.90. The molecule has 4 heterocycles. The first-order chi connectivity index (χ1) is 12.8. The molecule has 2 aromatic rings. The maximum Gasteiger partial charge on any atom is 0.140 e. The molecule has 0 saturated carbocycles. The third kappa shape index (κ3) is 4.07. The van der Waals surface area contributed by atoms with Crippen LogP contribution in [0.3, 0.4) is 0 Å². The number of hydrogen-bond acceptors (Lipinski definition) is 5. The van der Waals surface area contributed by atoms with Crippen LogP contribution < -0.4 is 4.90 Å². The van der Waals surface area contributed by atoms with Crippen molar-refractivity contribution >= 4 is 5.82 Å². The number of nitrogens with zero attached hydrogens (tertiary/aromatic N) is 4. The Morgan fingerprint density at radius 1 is 1.15 bits per heavy atom. The second kappa shape index (κ2) is 8.18. The Balaban J connectivity index is 1.31. The molecule has 2 aliphatic heterocycles. The van der Waals surface area contributed by atoms with Crippen LogP contribution in [0.25, 0.3) is 5.82 Å². The quantitative estimate of drug-likeness (QED) is 0.824. The van der Waals surface area contributed by atoms with Crippen molar-refractivity contribution < 1.29 is 9.47 Å². The maximum absolute atomic E-state index is 6.12. The minimum absolute atomic E-state index is 0.304. The molecule has 0 bridgehead atoms. The van der Waals surface area contributed by atoms with Gasteiger partial charge in [0.15, 0.2) is 0 Å². The van der Waals surface area contributed by atoms with E-state index in [1.807, 2.05) is 30.0 Å². The highest BCUT2D eigenvalue weighted by Crippen LogP contribution is 2.22. The first-order valence-electron chi connectivity index (χ1n) is 9.75. The normalized spacial score (nSPS) is 21.9. The number of aryl methyl sites for hydroxylation is 1. The van der Waals surface area contributed by atoms with Gasteiger partial charge in [-0.15, -0.1) is 0 Å². The molecule has 6 heteroatoms. The molecule has 0 spiro atoms. The molecule has 2 aliphatic rings. The van der Waals surface area contributed by atoms with Gasteiger partial charge in [0.2, 0.25) is 0 Å². The number of anilines is 1. The van der Waals surface area contributed by atoms with Gasteiger partial charge in [-0.3, -0.25) is 4.57 Å². The van der Waals surface area contributed by atoms with E-state index >= 15 is 0 Å². The number of rotatable bonds is 5. The standard InChI is InChI=1S/C20H28N4O2/c1-16-21-10-13-24(16)20-7-4-6-19(22-20)23-11-8-17(9-12-23)26-15-18-5-2-3-14-25-18/h4,6-7,10,13,17-18H,2-3,5,8-9,11-12,14-15H2,1H3/t18-/m0/s1. The first kappa shape index (κ1) is 17.5. The molecule has 2 fully saturated rings. The summed E-state index contributed by atoms with van der Waals surface area (Å²) in [7, 11) is 0. The lowest BCUT2D eigenvalue weighted by atomic mass is 10.1. The molecule has 0 aliphatic carbocycles. The maximum atomic E-state index is 6.12. The van der Waals surface area contributed by atoms with E-state index in [0.29, 0.717) is 12.2 Å². The molecule has 2 saturated heterocycles. The summed E-state index contributed by atoms with van der Waals surface area (Å²) in [5.41, 5.74) is 0. The van der Waals surface area contributed by atoms with Gasteiger partial charge in [0, 0.05) is 32.1 Å². The van der Waals surface area contributed by atoms with E-state index < -0.39 is 0 Å². The fourth-order valence-electron chi connectivity index (χ4n) is 3.78. The van der Waals surface area contributed by atoms with Crippen LogP contribution in [-0.2, 0) is 9.47 Å². The number of pyridine rings is 1. The van der Waals surface area contributed by atoms with Gasteiger partial charge in [-0.2, -0.15) is 0 Å². The van der Waals surface area contributed by atoms with E-state index in [4.69, 9.17) is 14.5 Å². The third-order valence-electron chi connectivity index (χ3n) is 5.35. The van der Waals surface area contributed by atoms with Crippen molar-refractivity contribution in [1.29, 1.82) is 0 Å². The van der Waals surface area contributed by atoms with Gasteiger partial charge in [0.1, 0.15) is 17.5 Å². The van der Waals surface area contributed by atoms with E-state index in [2.05, 4.69) is 22.0 Å². The Labute approximate surface area is 155 Å². The third-order valence-corrected chi connectivity index (χ3v) is 5.35. The molecule has 0 unspecified atom stereocenters. The lowest BCUT2D eigenvalue weighted by molar-refractivity contribution is -0.0672. The number of imidazole rings is 1. The minimum atomic E-state index is 0.304. The predicted octanol–water partition coefficient (Wildman–Crippen LogP) is 3.13. The molecular formula is C20H28N4O2. The first-order valence-corrected chi connectivity index (χ1v) is 9.75. The van der Waals surface area contributed by atoms with E-state index in [0.717, 1.165) is 63.0 Å². The van der Waals surface area contributed by atoms with Crippen LogP contribution in [0, 0.1) is 6.92 Å². The van der Waals surface area contributed by atoms with Gasteiger partial charge >= 0.3 is 0 Å². The lowest BCUT2D eigenvalue weighted by Gasteiger charge is -2.34. The zero-order valence-corrected chi connectivity index (χ0v) is 15.5. The predicted molar refractivity (Wildman–Crippen MR) is 101 cm³/mol. The Morgan fingerprint density at radius 3 is 2.73 bits per heavy atom. The topological polar surface area (TPSA) is 52.4 Å². The zero-order chi connectivity index (χ0) is 17.8. The Morgan fingerprint density at radius 2 is 2.00 bits per heavy atom. The number of aromatic nitrogens is 3. The average Bonchev–Trinajstić information content (AvgIpc) is 3.14. The summed E-state index contributed by atoms with van der Waals surface area (Å²) >= 11 is 0. The molecule has 6 nitrogen and oxygen atoms in total.